The van der Waals surface area contributed by atoms with Crippen LogP contribution in [-0.4, -0.2) is 12.2 Å². The highest BCUT2D eigenvalue weighted by Crippen LogP contribution is 2.29. The van der Waals surface area contributed by atoms with Crippen molar-refractivity contribution >= 4 is 0 Å². The van der Waals surface area contributed by atoms with E-state index in [9.17, 15) is 0 Å². The molecule has 0 aromatic rings. The molecule has 0 bridgehead atoms. The number of ether oxygens (including phenoxy) is 1. The molecule has 0 aliphatic heterocycles. The fraction of sp³-hybridized carbons (Fsp3) is 0.867. The summed E-state index contributed by atoms with van der Waals surface area (Å²) in [5, 5.41) is 0. The van der Waals surface area contributed by atoms with Crippen LogP contribution in [0.2, 0.25) is 0 Å². The molecule has 1 atom stereocenters. The first kappa shape index (κ1) is 13.8. The molecule has 0 aromatic heterocycles. The Bertz CT molecular complexity index is 224. The van der Waals surface area contributed by atoms with Gasteiger partial charge < -0.3 is 4.74 Å². The smallest absolute Gasteiger partial charge is 0.0810 e. The van der Waals surface area contributed by atoms with Crippen LogP contribution in [0.15, 0.2) is 11.6 Å². The maximum absolute atomic E-state index is 6.29. The molecule has 1 aliphatic rings. The summed E-state index contributed by atoms with van der Waals surface area (Å²) in [6.45, 7) is 11.1. The molecule has 0 heterocycles. The highest BCUT2D eigenvalue weighted by atomic mass is 16.5. The third-order valence-corrected chi connectivity index (χ3v) is 3.23. The molecule has 16 heavy (non-hydrogen) atoms. The molecule has 94 valence electrons. The SMILES string of the molecule is CC(C)=CC(OC1CCCCC1)C(C)(C)C. The maximum Gasteiger partial charge on any atom is 0.0810 e. The van der Waals surface area contributed by atoms with Crippen molar-refractivity contribution in [2.75, 3.05) is 0 Å². The average molecular weight is 224 g/mol. The summed E-state index contributed by atoms with van der Waals surface area (Å²) in [7, 11) is 0. The zero-order valence-electron chi connectivity index (χ0n) is 11.7. The first-order valence-corrected chi connectivity index (χ1v) is 6.70. The summed E-state index contributed by atoms with van der Waals surface area (Å²) in [4.78, 5) is 0. The van der Waals surface area contributed by atoms with Gasteiger partial charge in [-0.25, -0.2) is 0 Å². The quantitative estimate of drug-likeness (QED) is 0.630. The highest BCUT2D eigenvalue weighted by molar-refractivity contribution is 5.02. The number of rotatable bonds is 3. The Morgan fingerprint density at radius 1 is 1.12 bits per heavy atom. The molecule has 0 aromatic carbocycles. The van der Waals surface area contributed by atoms with Crippen molar-refractivity contribution in [1.82, 2.24) is 0 Å². The van der Waals surface area contributed by atoms with E-state index in [1.807, 2.05) is 0 Å². The molecule has 1 aliphatic carbocycles. The molecule has 1 unspecified atom stereocenters. The zero-order valence-corrected chi connectivity index (χ0v) is 11.7. The van der Waals surface area contributed by atoms with Crippen LogP contribution in [0.4, 0.5) is 0 Å². The Morgan fingerprint density at radius 3 is 2.12 bits per heavy atom. The molecular weight excluding hydrogens is 196 g/mol. The van der Waals surface area contributed by atoms with Crippen LogP contribution < -0.4 is 0 Å². The molecule has 0 spiro atoms. The van der Waals surface area contributed by atoms with Crippen LogP contribution in [-0.2, 0) is 4.74 Å². The van der Waals surface area contributed by atoms with E-state index in [-0.39, 0.29) is 11.5 Å². The summed E-state index contributed by atoms with van der Waals surface area (Å²) < 4.78 is 6.29. The lowest BCUT2D eigenvalue weighted by atomic mass is 9.87. The fourth-order valence-corrected chi connectivity index (χ4v) is 2.20. The molecular formula is C15H28O. The van der Waals surface area contributed by atoms with Gasteiger partial charge in [-0.05, 0) is 32.1 Å². The minimum Gasteiger partial charge on any atom is -0.370 e. The number of allylic oxidation sites excluding steroid dienone is 1. The van der Waals surface area contributed by atoms with E-state index in [0.717, 1.165) is 0 Å². The van der Waals surface area contributed by atoms with Gasteiger partial charge in [-0.2, -0.15) is 0 Å². The van der Waals surface area contributed by atoms with E-state index < -0.39 is 0 Å². The summed E-state index contributed by atoms with van der Waals surface area (Å²) in [5.41, 5.74) is 1.56. The molecule has 1 rings (SSSR count). The Morgan fingerprint density at radius 2 is 1.69 bits per heavy atom. The topological polar surface area (TPSA) is 9.23 Å². The molecule has 0 N–H and O–H groups in total. The normalized spacial score (nSPS) is 20.6. The van der Waals surface area contributed by atoms with Gasteiger partial charge in [0.1, 0.15) is 0 Å². The highest BCUT2D eigenvalue weighted by Gasteiger charge is 2.27. The Balaban J connectivity index is 2.59. The predicted molar refractivity (Wildman–Crippen MR) is 70.6 cm³/mol. The monoisotopic (exact) mass is 224 g/mol. The van der Waals surface area contributed by atoms with Crippen molar-refractivity contribution < 1.29 is 4.74 Å². The minimum absolute atomic E-state index is 0.203. The van der Waals surface area contributed by atoms with Gasteiger partial charge in [-0.1, -0.05) is 51.7 Å². The van der Waals surface area contributed by atoms with E-state index in [1.54, 1.807) is 0 Å². The van der Waals surface area contributed by atoms with E-state index in [4.69, 9.17) is 4.74 Å². The van der Waals surface area contributed by atoms with Crippen LogP contribution in [0.5, 0.6) is 0 Å². The summed E-state index contributed by atoms with van der Waals surface area (Å²) in [6, 6.07) is 0. The van der Waals surface area contributed by atoms with E-state index in [1.165, 1.54) is 37.7 Å². The van der Waals surface area contributed by atoms with Gasteiger partial charge in [0.25, 0.3) is 0 Å². The average Bonchev–Trinajstić information content (AvgIpc) is 2.16. The number of hydrogen-bond acceptors (Lipinski definition) is 1. The zero-order chi connectivity index (χ0) is 12.2. The standard InChI is InChI=1S/C15H28O/c1-12(2)11-14(15(3,4)5)16-13-9-7-6-8-10-13/h11,13-14H,6-10H2,1-5H3. The lowest BCUT2D eigenvalue weighted by Crippen LogP contribution is -2.33. The Labute approximate surface area is 101 Å². The Hall–Kier alpha value is -0.300. The first-order valence-electron chi connectivity index (χ1n) is 6.70. The van der Waals surface area contributed by atoms with Gasteiger partial charge >= 0.3 is 0 Å². The van der Waals surface area contributed by atoms with Gasteiger partial charge in [0.05, 0.1) is 12.2 Å². The lowest BCUT2D eigenvalue weighted by molar-refractivity contribution is -0.0533. The van der Waals surface area contributed by atoms with Crippen molar-refractivity contribution in [3.8, 4) is 0 Å². The van der Waals surface area contributed by atoms with Crippen molar-refractivity contribution in [3.63, 3.8) is 0 Å². The molecule has 0 amide bonds. The number of hydrogen-bond donors (Lipinski definition) is 0. The van der Waals surface area contributed by atoms with E-state index in [2.05, 4.69) is 40.7 Å². The van der Waals surface area contributed by atoms with Crippen molar-refractivity contribution in [1.29, 1.82) is 0 Å². The van der Waals surface area contributed by atoms with Gasteiger partial charge in [0, 0.05) is 0 Å². The summed E-state index contributed by atoms with van der Waals surface area (Å²) in [6.07, 6.45) is 9.63. The lowest BCUT2D eigenvalue weighted by Gasteiger charge is -2.34. The summed E-state index contributed by atoms with van der Waals surface area (Å²) in [5.74, 6) is 0. The second kappa shape index (κ2) is 5.86. The van der Waals surface area contributed by atoms with Crippen LogP contribution in [0.3, 0.4) is 0 Å². The molecule has 1 heteroatoms. The third kappa shape index (κ3) is 4.69. The Kier molecular flexibility index (Phi) is 5.04. The second-order valence-electron chi connectivity index (χ2n) is 6.43. The van der Waals surface area contributed by atoms with Crippen LogP contribution in [0.1, 0.15) is 66.7 Å². The van der Waals surface area contributed by atoms with Crippen molar-refractivity contribution in [2.45, 2.75) is 78.9 Å². The predicted octanol–water partition coefficient (Wildman–Crippen LogP) is 4.72. The van der Waals surface area contributed by atoms with Gasteiger partial charge in [0.15, 0.2) is 0 Å². The van der Waals surface area contributed by atoms with Crippen LogP contribution in [0.25, 0.3) is 0 Å². The third-order valence-electron chi connectivity index (χ3n) is 3.23. The molecule has 0 saturated heterocycles. The van der Waals surface area contributed by atoms with Gasteiger partial charge in [-0.15, -0.1) is 0 Å². The first-order chi connectivity index (χ1) is 7.39. The summed E-state index contributed by atoms with van der Waals surface area (Å²) >= 11 is 0. The molecule has 1 saturated carbocycles. The van der Waals surface area contributed by atoms with Gasteiger partial charge in [-0.3, -0.25) is 0 Å². The second-order valence-corrected chi connectivity index (χ2v) is 6.43. The van der Waals surface area contributed by atoms with Crippen LogP contribution in [0, 0.1) is 5.41 Å². The van der Waals surface area contributed by atoms with E-state index in [0.29, 0.717) is 6.10 Å². The van der Waals surface area contributed by atoms with Gasteiger partial charge in [0.2, 0.25) is 0 Å². The largest absolute Gasteiger partial charge is 0.370 e. The van der Waals surface area contributed by atoms with Crippen molar-refractivity contribution in [3.05, 3.63) is 11.6 Å². The molecule has 1 fully saturated rings. The minimum atomic E-state index is 0.203. The van der Waals surface area contributed by atoms with E-state index >= 15 is 0 Å². The van der Waals surface area contributed by atoms with Crippen LogP contribution >= 0.6 is 0 Å². The molecule has 0 radical (unpaired) electrons. The fourth-order valence-electron chi connectivity index (χ4n) is 2.20. The maximum atomic E-state index is 6.29. The molecule has 1 nitrogen and oxygen atoms in total. The van der Waals surface area contributed by atoms with Crippen molar-refractivity contribution in [2.24, 2.45) is 5.41 Å².